The van der Waals surface area contributed by atoms with E-state index < -0.39 is 0 Å². The number of H-pyrrole nitrogens is 1. The maximum Gasteiger partial charge on any atom is 0.277 e. The molecule has 10 nitrogen and oxygen atoms in total. The molecular weight excluding hydrogens is 406 g/mol. The summed E-state index contributed by atoms with van der Waals surface area (Å²) in [4.78, 5) is 17.3. The van der Waals surface area contributed by atoms with Gasteiger partial charge in [-0.1, -0.05) is 18.2 Å². The molecule has 0 unspecified atom stereocenters. The molecule has 0 spiro atoms. The van der Waals surface area contributed by atoms with Crippen LogP contribution in [0.15, 0.2) is 54.9 Å². The van der Waals surface area contributed by atoms with Gasteiger partial charge in [0.1, 0.15) is 11.6 Å². The van der Waals surface area contributed by atoms with Crippen LogP contribution in [0.25, 0.3) is 5.65 Å². The number of amides is 1. The number of nitrogens with one attached hydrogen (secondary N) is 4. The Hall–Kier alpha value is -3.92. The number of hydrogen-bond donors (Lipinski definition) is 5. The van der Waals surface area contributed by atoms with E-state index in [0.29, 0.717) is 23.0 Å². The lowest BCUT2D eigenvalue weighted by Crippen LogP contribution is -2.33. The van der Waals surface area contributed by atoms with Crippen molar-refractivity contribution in [2.45, 2.75) is 37.8 Å². The van der Waals surface area contributed by atoms with E-state index in [-0.39, 0.29) is 18.0 Å². The zero-order valence-electron chi connectivity index (χ0n) is 17.5. The molecule has 1 aliphatic rings. The van der Waals surface area contributed by atoms with Crippen molar-refractivity contribution in [1.29, 1.82) is 0 Å². The van der Waals surface area contributed by atoms with Gasteiger partial charge in [0, 0.05) is 29.9 Å². The SMILES string of the molecule is NC1CCC(Nc2cc(Nc3ccccc3)c3ncc(C(=O)Nc4ccn[nH]4)n3n2)CC1. The predicted octanol–water partition coefficient (Wildman–Crippen LogP) is 3.13. The number of aromatic nitrogens is 5. The Morgan fingerprint density at radius 3 is 2.69 bits per heavy atom. The molecule has 1 amide bonds. The zero-order valence-corrected chi connectivity index (χ0v) is 17.5. The van der Waals surface area contributed by atoms with Crippen LogP contribution < -0.4 is 21.7 Å². The quantitative estimate of drug-likeness (QED) is 0.316. The van der Waals surface area contributed by atoms with Crippen LogP contribution in [0.4, 0.5) is 23.0 Å². The van der Waals surface area contributed by atoms with E-state index >= 15 is 0 Å². The average molecular weight is 432 g/mol. The van der Waals surface area contributed by atoms with E-state index in [9.17, 15) is 4.79 Å². The second kappa shape index (κ2) is 8.67. The molecule has 0 saturated heterocycles. The first-order valence-electron chi connectivity index (χ1n) is 10.7. The van der Waals surface area contributed by atoms with Gasteiger partial charge in [0.25, 0.3) is 5.91 Å². The normalized spacial score (nSPS) is 18.4. The number of rotatable bonds is 6. The first-order chi connectivity index (χ1) is 15.7. The number of nitrogens with two attached hydrogens (primary N) is 1. The van der Waals surface area contributed by atoms with Gasteiger partial charge in [-0.2, -0.15) is 5.10 Å². The molecule has 1 aliphatic carbocycles. The van der Waals surface area contributed by atoms with Crippen LogP contribution in [0.3, 0.4) is 0 Å². The van der Waals surface area contributed by atoms with Gasteiger partial charge < -0.3 is 21.7 Å². The van der Waals surface area contributed by atoms with Crippen molar-refractivity contribution in [3.8, 4) is 0 Å². The Morgan fingerprint density at radius 2 is 1.94 bits per heavy atom. The molecule has 1 aromatic carbocycles. The highest BCUT2D eigenvalue weighted by Crippen LogP contribution is 2.27. The Bertz CT molecular complexity index is 1200. The Morgan fingerprint density at radius 1 is 1.12 bits per heavy atom. The first kappa shape index (κ1) is 20.0. The van der Waals surface area contributed by atoms with Crippen LogP contribution >= 0.6 is 0 Å². The maximum atomic E-state index is 12.9. The van der Waals surface area contributed by atoms with Gasteiger partial charge in [0.15, 0.2) is 11.3 Å². The first-order valence-corrected chi connectivity index (χ1v) is 10.7. The van der Waals surface area contributed by atoms with E-state index in [1.807, 2.05) is 36.4 Å². The minimum Gasteiger partial charge on any atom is -0.366 e. The molecule has 4 aromatic rings. The van der Waals surface area contributed by atoms with Gasteiger partial charge in [-0.3, -0.25) is 9.89 Å². The number of para-hydroxylation sites is 1. The van der Waals surface area contributed by atoms with Crippen LogP contribution in [0, 0.1) is 0 Å². The van der Waals surface area contributed by atoms with E-state index in [1.165, 1.54) is 6.20 Å². The van der Waals surface area contributed by atoms with E-state index in [4.69, 9.17) is 5.73 Å². The molecule has 0 radical (unpaired) electrons. The molecule has 1 fully saturated rings. The smallest absolute Gasteiger partial charge is 0.277 e. The summed E-state index contributed by atoms with van der Waals surface area (Å²) < 4.78 is 1.56. The van der Waals surface area contributed by atoms with Crippen molar-refractivity contribution in [2.24, 2.45) is 5.73 Å². The van der Waals surface area contributed by atoms with Gasteiger partial charge >= 0.3 is 0 Å². The molecule has 3 heterocycles. The molecule has 0 aliphatic heterocycles. The summed E-state index contributed by atoms with van der Waals surface area (Å²) in [6, 6.07) is 14.0. The second-order valence-electron chi connectivity index (χ2n) is 7.99. The predicted molar refractivity (Wildman–Crippen MR) is 123 cm³/mol. The van der Waals surface area contributed by atoms with E-state index in [0.717, 1.165) is 37.1 Å². The van der Waals surface area contributed by atoms with Crippen molar-refractivity contribution in [3.63, 3.8) is 0 Å². The topological polar surface area (TPSA) is 138 Å². The number of carbonyl (C=O) groups is 1. The van der Waals surface area contributed by atoms with E-state index in [1.54, 1.807) is 16.8 Å². The standard InChI is InChI=1S/C22H25N9O/c23-14-6-8-16(9-7-14)27-20-12-17(26-15-4-2-1-3-5-15)21-24-13-18(31(21)30-20)22(32)28-19-10-11-25-29-19/h1-5,10-14,16,26H,6-9,23H2,(H,27,30)(H2,25,28,29,32). The minimum atomic E-state index is -0.333. The largest absolute Gasteiger partial charge is 0.366 e. The van der Waals surface area contributed by atoms with Crippen LogP contribution in [0.5, 0.6) is 0 Å². The summed E-state index contributed by atoms with van der Waals surface area (Å²) in [5, 5.41) is 21.0. The summed E-state index contributed by atoms with van der Waals surface area (Å²) in [6.45, 7) is 0. The fraction of sp³-hybridized carbons (Fsp3) is 0.273. The van der Waals surface area contributed by atoms with Crippen molar-refractivity contribution >= 4 is 34.6 Å². The van der Waals surface area contributed by atoms with Crippen molar-refractivity contribution < 1.29 is 4.79 Å². The lowest BCUT2D eigenvalue weighted by molar-refractivity contribution is 0.102. The molecule has 5 rings (SSSR count). The van der Waals surface area contributed by atoms with Crippen LogP contribution in [-0.4, -0.2) is 42.8 Å². The lowest BCUT2D eigenvalue weighted by atomic mass is 9.92. The Kier molecular flexibility index (Phi) is 5.42. The molecule has 10 heteroatoms. The lowest BCUT2D eigenvalue weighted by Gasteiger charge is -2.27. The highest BCUT2D eigenvalue weighted by atomic mass is 16.2. The number of nitrogens with zero attached hydrogens (tertiary/aromatic N) is 4. The molecule has 164 valence electrons. The third-order valence-corrected chi connectivity index (χ3v) is 5.63. The third kappa shape index (κ3) is 4.26. The number of imidazole rings is 1. The minimum absolute atomic E-state index is 0.269. The molecule has 0 bridgehead atoms. The fourth-order valence-corrected chi connectivity index (χ4v) is 3.95. The Balaban J connectivity index is 1.50. The number of fused-ring (bicyclic) bond motifs is 1. The monoisotopic (exact) mass is 431 g/mol. The molecule has 32 heavy (non-hydrogen) atoms. The van der Waals surface area contributed by atoms with E-state index in [2.05, 4.69) is 36.2 Å². The number of carbonyl (C=O) groups excluding carboxylic acids is 1. The summed E-state index contributed by atoms with van der Waals surface area (Å²) in [7, 11) is 0. The van der Waals surface area contributed by atoms with Gasteiger partial charge in [-0.15, -0.1) is 5.10 Å². The second-order valence-corrected chi connectivity index (χ2v) is 7.99. The number of hydrogen-bond acceptors (Lipinski definition) is 7. The molecule has 3 aromatic heterocycles. The zero-order chi connectivity index (χ0) is 21.9. The highest BCUT2D eigenvalue weighted by Gasteiger charge is 2.21. The van der Waals surface area contributed by atoms with Gasteiger partial charge in [-0.25, -0.2) is 9.50 Å². The van der Waals surface area contributed by atoms with Crippen molar-refractivity contribution in [2.75, 3.05) is 16.0 Å². The third-order valence-electron chi connectivity index (χ3n) is 5.63. The van der Waals surface area contributed by atoms with Crippen LogP contribution in [-0.2, 0) is 0 Å². The van der Waals surface area contributed by atoms with Crippen molar-refractivity contribution in [3.05, 3.63) is 60.6 Å². The molecular formula is C22H25N9O. The molecule has 6 N–H and O–H groups in total. The summed E-state index contributed by atoms with van der Waals surface area (Å²) in [6.07, 6.45) is 7.03. The number of anilines is 4. The highest BCUT2D eigenvalue weighted by molar-refractivity contribution is 6.03. The van der Waals surface area contributed by atoms with Crippen LogP contribution in [0.2, 0.25) is 0 Å². The molecule has 0 atom stereocenters. The number of aromatic amines is 1. The summed E-state index contributed by atoms with van der Waals surface area (Å²) in [5.74, 6) is 0.839. The fourth-order valence-electron chi connectivity index (χ4n) is 3.95. The summed E-state index contributed by atoms with van der Waals surface area (Å²) >= 11 is 0. The van der Waals surface area contributed by atoms with Gasteiger partial charge in [0.05, 0.1) is 18.1 Å². The van der Waals surface area contributed by atoms with Gasteiger partial charge in [0.2, 0.25) is 0 Å². The summed E-state index contributed by atoms with van der Waals surface area (Å²) in [5.41, 5.74) is 8.60. The number of benzene rings is 1. The van der Waals surface area contributed by atoms with Gasteiger partial charge in [-0.05, 0) is 37.8 Å². The van der Waals surface area contributed by atoms with Crippen molar-refractivity contribution in [1.82, 2.24) is 24.8 Å². The Labute approximate surface area is 184 Å². The maximum absolute atomic E-state index is 12.9. The average Bonchev–Trinajstić information content (AvgIpc) is 3.46. The van der Waals surface area contributed by atoms with Crippen LogP contribution in [0.1, 0.15) is 36.2 Å². The molecule has 1 saturated carbocycles.